The molecule has 0 fully saturated rings. The Hall–Kier alpha value is -4.01. The van der Waals surface area contributed by atoms with Crippen LogP contribution in [-0.2, 0) is 5.66 Å². The molecule has 0 bridgehead atoms. The fourth-order valence-electron chi connectivity index (χ4n) is 4.17. The van der Waals surface area contributed by atoms with Crippen LogP contribution in [0, 0.1) is 6.92 Å². The number of hydrazine groups is 1. The van der Waals surface area contributed by atoms with E-state index in [4.69, 9.17) is 14.8 Å². The summed E-state index contributed by atoms with van der Waals surface area (Å²) in [6.07, 6.45) is 3.63. The van der Waals surface area contributed by atoms with E-state index in [2.05, 4.69) is 21.9 Å². The van der Waals surface area contributed by atoms with Crippen LogP contribution in [0.3, 0.4) is 0 Å². The normalized spacial score (nSPS) is 17.2. The Morgan fingerprint density at radius 3 is 2.59 bits per heavy atom. The zero-order valence-corrected chi connectivity index (χ0v) is 19.5. The number of nitrogens with one attached hydrogen (secondary N) is 2. The van der Waals surface area contributed by atoms with Gasteiger partial charge in [-0.1, -0.05) is 36.4 Å². The van der Waals surface area contributed by atoms with E-state index in [1.54, 1.807) is 17.7 Å². The lowest BCUT2D eigenvalue weighted by atomic mass is 10.0. The summed E-state index contributed by atoms with van der Waals surface area (Å²) in [5.74, 6) is 1.51. The van der Waals surface area contributed by atoms with Crippen LogP contribution in [-0.4, -0.2) is 20.9 Å². The average Bonchev–Trinajstić information content (AvgIpc) is 3.57. The van der Waals surface area contributed by atoms with Crippen molar-refractivity contribution in [2.75, 3.05) is 0 Å². The molecule has 1 aliphatic rings. The third-order valence-corrected chi connectivity index (χ3v) is 7.10. The number of para-hydroxylation sites is 2. The van der Waals surface area contributed by atoms with Crippen molar-refractivity contribution in [3.8, 4) is 33.3 Å². The molecule has 0 amide bonds. The van der Waals surface area contributed by atoms with Gasteiger partial charge in [-0.25, -0.2) is 19.9 Å². The van der Waals surface area contributed by atoms with Crippen molar-refractivity contribution in [2.45, 2.75) is 19.5 Å². The van der Waals surface area contributed by atoms with Gasteiger partial charge < -0.3 is 10.2 Å². The van der Waals surface area contributed by atoms with Gasteiger partial charge in [0.05, 0.1) is 33.7 Å². The highest BCUT2D eigenvalue weighted by atomic mass is 32.1. The summed E-state index contributed by atoms with van der Waals surface area (Å²) in [7, 11) is 0. The van der Waals surface area contributed by atoms with Gasteiger partial charge in [0.25, 0.3) is 0 Å². The van der Waals surface area contributed by atoms with Gasteiger partial charge in [-0.2, -0.15) is 5.10 Å². The fraction of sp³-hybridized carbons (Fsp3) is 0.115. The molecule has 0 aliphatic carbocycles. The number of aromatic nitrogens is 3. The fourth-order valence-corrected chi connectivity index (χ4v) is 5.41. The minimum atomic E-state index is -0.665. The quantitative estimate of drug-likeness (QED) is 0.356. The molecule has 1 aliphatic heterocycles. The minimum absolute atomic E-state index is 0.665. The molecule has 34 heavy (non-hydrogen) atoms. The van der Waals surface area contributed by atoms with Crippen molar-refractivity contribution in [1.82, 2.24) is 25.4 Å². The Morgan fingerprint density at radius 2 is 1.76 bits per heavy atom. The summed E-state index contributed by atoms with van der Waals surface area (Å²) in [5, 5.41) is 5.58. The van der Waals surface area contributed by atoms with Crippen LogP contribution in [0.25, 0.3) is 27.3 Å². The topological polar surface area (TPSA) is 75.8 Å². The minimum Gasteiger partial charge on any atom is -0.457 e. The molecular formula is C26H22N6OS. The highest BCUT2D eigenvalue weighted by Crippen LogP contribution is 2.45. The van der Waals surface area contributed by atoms with E-state index < -0.39 is 5.66 Å². The highest BCUT2D eigenvalue weighted by molar-refractivity contribution is 7.15. The third-order valence-electron chi connectivity index (χ3n) is 5.81. The molecule has 5 aromatic rings. The van der Waals surface area contributed by atoms with Crippen molar-refractivity contribution in [3.63, 3.8) is 0 Å². The van der Waals surface area contributed by atoms with Crippen molar-refractivity contribution in [1.29, 1.82) is 0 Å². The molecular weight excluding hydrogens is 444 g/mol. The Labute approximate surface area is 200 Å². The van der Waals surface area contributed by atoms with Crippen LogP contribution < -0.4 is 15.6 Å². The second-order valence-corrected chi connectivity index (χ2v) is 9.20. The van der Waals surface area contributed by atoms with E-state index in [0.717, 1.165) is 49.4 Å². The highest BCUT2D eigenvalue weighted by Gasteiger charge is 2.35. The molecule has 2 aromatic carbocycles. The maximum Gasteiger partial charge on any atom is 0.162 e. The zero-order valence-electron chi connectivity index (χ0n) is 18.7. The van der Waals surface area contributed by atoms with Crippen LogP contribution in [0.1, 0.15) is 17.5 Å². The molecule has 0 radical (unpaired) electrons. The van der Waals surface area contributed by atoms with Crippen molar-refractivity contribution in [2.24, 2.45) is 4.99 Å². The van der Waals surface area contributed by atoms with E-state index in [9.17, 15) is 0 Å². The molecule has 2 N–H and O–H groups in total. The van der Waals surface area contributed by atoms with Crippen LogP contribution in [0.2, 0.25) is 0 Å². The van der Waals surface area contributed by atoms with E-state index in [-0.39, 0.29) is 0 Å². The number of thiazole rings is 1. The lowest BCUT2D eigenvalue weighted by Gasteiger charge is -2.21. The summed E-state index contributed by atoms with van der Waals surface area (Å²) in [4.78, 5) is 10.8. The second kappa shape index (κ2) is 8.09. The monoisotopic (exact) mass is 466 g/mol. The lowest BCUT2D eigenvalue weighted by Crippen LogP contribution is -2.39. The Balaban J connectivity index is 1.55. The smallest absolute Gasteiger partial charge is 0.162 e. The van der Waals surface area contributed by atoms with E-state index in [1.807, 2.05) is 91.3 Å². The van der Waals surface area contributed by atoms with Crippen LogP contribution in [0.4, 0.5) is 0 Å². The van der Waals surface area contributed by atoms with Crippen LogP contribution >= 0.6 is 11.3 Å². The zero-order chi connectivity index (χ0) is 23.1. The first-order valence-electron chi connectivity index (χ1n) is 11.0. The molecule has 6 rings (SSSR count). The largest absolute Gasteiger partial charge is 0.457 e. The Bertz CT molecular complexity index is 1520. The molecule has 168 valence electrons. The summed E-state index contributed by atoms with van der Waals surface area (Å²) >= 11 is 1.62. The summed E-state index contributed by atoms with van der Waals surface area (Å²) < 4.78 is 8.18. The van der Waals surface area contributed by atoms with Crippen molar-refractivity contribution >= 4 is 23.2 Å². The standard InChI is InChI=1S/C26H22N6OS/c1-17-22(20-13-8-9-15-32(20)30-17)25-29-23(24(34-25)26(2)27-16-28-31-26)19-12-6-7-14-21(19)33-18-10-4-3-5-11-18/h3-16,31H,1-2H3,(H,27,28). The van der Waals surface area contributed by atoms with Crippen LogP contribution in [0.5, 0.6) is 11.5 Å². The number of hydrogen-bond acceptors (Lipinski definition) is 7. The van der Waals surface area contributed by atoms with E-state index in [1.165, 1.54) is 0 Å². The van der Waals surface area contributed by atoms with E-state index in [0.29, 0.717) is 0 Å². The molecule has 0 spiro atoms. The maximum absolute atomic E-state index is 6.28. The first kappa shape index (κ1) is 20.6. The van der Waals surface area contributed by atoms with Gasteiger partial charge in [0.15, 0.2) is 5.66 Å². The van der Waals surface area contributed by atoms with Crippen molar-refractivity contribution in [3.05, 3.63) is 89.6 Å². The first-order valence-corrected chi connectivity index (χ1v) is 11.8. The number of nitrogens with zero attached hydrogens (tertiary/aromatic N) is 4. The molecule has 8 heteroatoms. The number of rotatable bonds is 5. The molecule has 4 heterocycles. The Morgan fingerprint density at radius 1 is 0.971 bits per heavy atom. The molecule has 1 atom stereocenters. The number of benzene rings is 2. The van der Waals surface area contributed by atoms with Gasteiger partial charge in [0.2, 0.25) is 0 Å². The number of aryl methyl sites for hydroxylation is 1. The van der Waals surface area contributed by atoms with Crippen LogP contribution in [0.15, 0.2) is 84.0 Å². The van der Waals surface area contributed by atoms with E-state index >= 15 is 0 Å². The third kappa shape index (κ3) is 3.44. The maximum atomic E-state index is 6.28. The predicted octanol–water partition coefficient (Wildman–Crippen LogP) is 5.53. The summed E-state index contributed by atoms with van der Waals surface area (Å²) in [5.41, 5.74) is 10.3. The van der Waals surface area contributed by atoms with Crippen molar-refractivity contribution < 1.29 is 4.74 Å². The Kier molecular flexibility index (Phi) is 4.90. The molecule has 0 saturated heterocycles. The van der Waals surface area contributed by atoms with Gasteiger partial charge in [0, 0.05) is 11.8 Å². The summed E-state index contributed by atoms with van der Waals surface area (Å²) in [6.45, 7) is 4.05. The van der Waals surface area contributed by atoms with Gasteiger partial charge in [-0.3, -0.25) is 0 Å². The number of ether oxygens (including phenoxy) is 1. The van der Waals surface area contributed by atoms with Gasteiger partial charge in [-0.15, -0.1) is 11.3 Å². The number of fused-ring (bicyclic) bond motifs is 1. The molecule has 1 unspecified atom stereocenters. The molecule has 0 saturated carbocycles. The summed E-state index contributed by atoms with van der Waals surface area (Å²) in [6, 6.07) is 23.8. The number of pyridine rings is 1. The lowest BCUT2D eigenvalue weighted by molar-refractivity contribution is 0.407. The van der Waals surface area contributed by atoms with Gasteiger partial charge in [-0.05, 0) is 50.2 Å². The predicted molar refractivity (Wildman–Crippen MR) is 135 cm³/mol. The first-order chi connectivity index (χ1) is 16.6. The number of hydrogen-bond donors (Lipinski definition) is 2. The van der Waals surface area contributed by atoms with Gasteiger partial charge >= 0.3 is 0 Å². The second-order valence-electron chi connectivity index (χ2n) is 8.20. The SMILES string of the molecule is Cc1nn2ccccc2c1-c1nc(-c2ccccc2Oc2ccccc2)c(C2(C)N=CNN2)s1. The molecule has 7 nitrogen and oxygen atoms in total. The average molecular weight is 467 g/mol. The molecule has 3 aromatic heterocycles. The van der Waals surface area contributed by atoms with Gasteiger partial charge in [0.1, 0.15) is 16.5 Å². The number of aliphatic imine (C=N–C) groups is 1.